The van der Waals surface area contributed by atoms with Crippen LogP contribution in [0.25, 0.3) is 0 Å². The largest absolute Gasteiger partial charge is 0.389 e. The molecule has 0 saturated heterocycles. The molecule has 0 unspecified atom stereocenters. The third kappa shape index (κ3) is 5.83. The third-order valence-corrected chi connectivity index (χ3v) is 1.52. The summed E-state index contributed by atoms with van der Waals surface area (Å²) in [7, 11) is 0. The van der Waals surface area contributed by atoms with E-state index in [-0.39, 0.29) is 6.10 Å². The molecule has 10 heavy (non-hydrogen) atoms. The predicted molar refractivity (Wildman–Crippen MR) is 45.0 cm³/mol. The van der Waals surface area contributed by atoms with Gasteiger partial charge in [0.2, 0.25) is 0 Å². The van der Waals surface area contributed by atoms with Crippen LogP contribution < -0.4 is 0 Å². The van der Waals surface area contributed by atoms with Crippen molar-refractivity contribution in [2.45, 2.75) is 45.6 Å². The molecule has 1 atom stereocenters. The molecule has 1 nitrogen and oxygen atoms in total. The molecule has 1 N–H and O–H groups in total. The van der Waals surface area contributed by atoms with Crippen LogP contribution >= 0.6 is 0 Å². The van der Waals surface area contributed by atoms with Crippen LogP contribution in [-0.2, 0) is 0 Å². The van der Waals surface area contributed by atoms with Gasteiger partial charge in [0.15, 0.2) is 0 Å². The average Bonchev–Trinajstić information content (AvgIpc) is 1.89. The van der Waals surface area contributed by atoms with Crippen molar-refractivity contribution in [2.24, 2.45) is 0 Å². The summed E-state index contributed by atoms with van der Waals surface area (Å²) in [5.41, 5.74) is 0. The summed E-state index contributed by atoms with van der Waals surface area (Å²) < 4.78 is 0. The molecule has 0 radical (unpaired) electrons. The van der Waals surface area contributed by atoms with E-state index in [4.69, 9.17) is 0 Å². The Morgan fingerprint density at radius 3 is 2.60 bits per heavy atom. The molecule has 0 fully saturated rings. The van der Waals surface area contributed by atoms with E-state index in [1.54, 1.807) is 0 Å². The minimum Gasteiger partial charge on any atom is -0.389 e. The second-order valence-electron chi connectivity index (χ2n) is 2.59. The highest BCUT2D eigenvalue weighted by Crippen LogP contribution is 2.03. The molecule has 0 aliphatic carbocycles. The lowest BCUT2D eigenvalue weighted by Crippen LogP contribution is -2.00. The van der Waals surface area contributed by atoms with Crippen LogP contribution in [0.2, 0.25) is 0 Å². The van der Waals surface area contributed by atoms with Gasteiger partial charge in [-0.3, -0.25) is 0 Å². The average molecular weight is 142 g/mol. The second-order valence-corrected chi connectivity index (χ2v) is 2.59. The van der Waals surface area contributed by atoms with E-state index in [2.05, 4.69) is 6.92 Å². The van der Waals surface area contributed by atoms with Gasteiger partial charge in [0.1, 0.15) is 0 Å². The maximum Gasteiger partial charge on any atom is 0.0720 e. The third-order valence-electron chi connectivity index (χ3n) is 1.52. The second kappa shape index (κ2) is 6.81. The minimum atomic E-state index is -0.212. The normalized spacial score (nSPS) is 14.3. The molecule has 0 amide bonds. The Balaban J connectivity index is 3.13. The summed E-state index contributed by atoms with van der Waals surface area (Å²) in [5.74, 6) is 0. The Labute approximate surface area is 63.8 Å². The molecule has 1 heteroatoms. The maximum absolute atomic E-state index is 9.19. The fourth-order valence-corrected chi connectivity index (χ4v) is 0.922. The zero-order valence-corrected chi connectivity index (χ0v) is 7.01. The molecular weight excluding hydrogens is 124 g/mol. The molecule has 0 rings (SSSR count). The highest BCUT2D eigenvalue weighted by Gasteiger charge is 1.95. The summed E-state index contributed by atoms with van der Waals surface area (Å²) in [5, 5.41) is 9.19. The summed E-state index contributed by atoms with van der Waals surface area (Å²) in [4.78, 5) is 0. The van der Waals surface area contributed by atoms with E-state index in [0.29, 0.717) is 0 Å². The van der Waals surface area contributed by atoms with Gasteiger partial charge in [-0.1, -0.05) is 38.3 Å². The monoisotopic (exact) mass is 142 g/mol. The van der Waals surface area contributed by atoms with Gasteiger partial charge in [-0.25, -0.2) is 0 Å². The Kier molecular flexibility index (Phi) is 6.61. The number of allylic oxidation sites excluding steroid dienone is 1. The lowest BCUT2D eigenvalue weighted by atomic mass is 10.1. The van der Waals surface area contributed by atoms with Crippen LogP contribution in [0.15, 0.2) is 12.2 Å². The van der Waals surface area contributed by atoms with Gasteiger partial charge >= 0.3 is 0 Å². The summed E-state index contributed by atoms with van der Waals surface area (Å²) in [6.07, 6.45) is 8.04. The minimum absolute atomic E-state index is 0.212. The molecule has 0 spiro atoms. The Morgan fingerprint density at radius 2 is 2.10 bits per heavy atom. The van der Waals surface area contributed by atoms with Gasteiger partial charge in [0, 0.05) is 0 Å². The zero-order chi connectivity index (χ0) is 7.82. The SMILES string of the molecule is C/C=C/[C@@H](O)CCCCC. The molecule has 0 aliphatic rings. The maximum atomic E-state index is 9.19. The summed E-state index contributed by atoms with van der Waals surface area (Å²) in [6, 6.07) is 0. The van der Waals surface area contributed by atoms with Crippen molar-refractivity contribution >= 4 is 0 Å². The predicted octanol–water partition coefficient (Wildman–Crippen LogP) is 2.50. The fraction of sp³-hybridized carbons (Fsp3) is 0.778. The quantitative estimate of drug-likeness (QED) is 0.462. The molecule has 0 heterocycles. The van der Waals surface area contributed by atoms with Crippen LogP contribution in [0.4, 0.5) is 0 Å². The van der Waals surface area contributed by atoms with E-state index >= 15 is 0 Å². The Morgan fingerprint density at radius 1 is 1.40 bits per heavy atom. The number of rotatable bonds is 5. The van der Waals surface area contributed by atoms with Gasteiger partial charge in [-0.2, -0.15) is 0 Å². The van der Waals surface area contributed by atoms with E-state index in [1.807, 2.05) is 19.1 Å². The molecule has 60 valence electrons. The van der Waals surface area contributed by atoms with Crippen LogP contribution in [0.3, 0.4) is 0 Å². The molecule has 0 aliphatic heterocycles. The molecule has 0 aromatic rings. The number of unbranched alkanes of at least 4 members (excludes halogenated alkanes) is 2. The van der Waals surface area contributed by atoms with Crippen LogP contribution in [-0.4, -0.2) is 11.2 Å². The number of aliphatic hydroxyl groups is 1. The van der Waals surface area contributed by atoms with E-state index < -0.39 is 0 Å². The Hall–Kier alpha value is -0.300. The lowest BCUT2D eigenvalue weighted by Gasteiger charge is -2.02. The van der Waals surface area contributed by atoms with Crippen molar-refractivity contribution in [3.05, 3.63) is 12.2 Å². The smallest absolute Gasteiger partial charge is 0.0720 e. The van der Waals surface area contributed by atoms with Gasteiger partial charge < -0.3 is 5.11 Å². The van der Waals surface area contributed by atoms with Crippen molar-refractivity contribution in [1.29, 1.82) is 0 Å². The topological polar surface area (TPSA) is 20.2 Å². The van der Waals surface area contributed by atoms with Gasteiger partial charge in [-0.05, 0) is 13.3 Å². The summed E-state index contributed by atoms with van der Waals surface area (Å²) >= 11 is 0. The van der Waals surface area contributed by atoms with Crippen molar-refractivity contribution in [3.63, 3.8) is 0 Å². The zero-order valence-electron chi connectivity index (χ0n) is 7.01. The fourth-order valence-electron chi connectivity index (χ4n) is 0.922. The van der Waals surface area contributed by atoms with Gasteiger partial charge in [-0.15, -0.1) is 0 Å². The standard InChI is InChI=1S/C9H18O/c1-3-5-6-8-9(10)7-4-2/h4,7,9-10H,3,5-6,8H2,1-2H3/b7-4+/t9-/m1/s1. The molecule has 0 aromatic carbocycles. The van der Waals surface area contributed by atoms with Gasteiger partial charge in [0.05, 0.1) is 6.10 Å². The van der Waals surface area contributed by atoms with Crippen LogP contribution in [0, 0.1) is 0 Å². The first kappa shape index (κ1) is 9.70. The molecular formula is C9H18O. The first-order valence-corrected chi connectivity index (χ1v) is 4.12. The van der Waals surface area contributed by atoms with Crippen LogP contribution in [0.5, 0.6) is 0 Å². The van der Waals surface area contributed by atoms with E-state index in [9.17, 15) is 5.11 Å². The molecule has 0 bridgehead atoms. The van der Waals surface area contributed by atoms with Crippen molar-refractivity contribution in [3.8, 4) is 0 Å². The van der Waals surface area contributed by atoms with Crippen molar-refractivity contribution < 1.29 is 5.11 Å². The van der Waals surface area contributed by atoms with E-state index in [1.165, 1.54) is 12.8 Å². The number of hydrogen-bond acceptors (Lipinski definition) is 1. The number of hydrogen-bond donors (Lipinski definition) is 1. The van der Waals surface area contributed by atoms with Crippen molar-refractivity contribution in [2.75, 3.05) is 0 Å². The Bertz CT molecular complexity index is 86.7. The van der Waals surface area contributed by atoms with Gasteiger partial charge in [0.25, 0.3) is 0 Å². The van der Waals surface area contributed by atoms with Crippen molar-refractivity contribution in [1.82, 2.24) is 0 Å². The van der Waals surface area contributed by atoms with Crippen LogP contribution in [0.1, 0.15) is 39.5 Å². The number of aliphatic hydroxyl groups excluding tert-OH is 1. The molecule has 0 saturated carbocycles. The van der Waals surface area contributed by atoms with E-state index in [0.717, 1.165) is 12.8 Å². The highest BCUT2D eigenvalue weighted by atomic mass is 16.3. The first-order chi connectivity index (χ1) is 4.81. The highest BCUT2D eigenvalue weighted by molar-refractivity contribution is 4.84. The molecule has 0 aromatic heterocycles. The lowest BCUT2D eigenvalue weighted by molar-refractivity contribution is 0.208. The first-order valence-electron chi connectivity index (χ1n) is 4.12. The summed E-state index contributed by atoms with van der Waals surface area (Å²) in [6.45, 7) is 4.10.